The molecule has 0 heterocycles. The molecule has 0 aliphatic rings. The summed E-state index contributed by atoms with van der Waals surface area (Å²) in [6.45, 7) is 1.50. The molecule has 0 aromatic carbocycles. The SMILES string of the molecule is CO[Si](CC(N)CN)(OC)OCCCN. The Hall–Kier alpha value is -0.0231. The summed E-state index contributed by atoms with van der Waals surface area (Å²) in [5.41, 5.74) is 16.6. The second-order valence-electron chi connectivity index (χ2n) is 3.28. The molecular formula is C8H23N3O3Si. The van der Waals surface area contributed by atoms with Crippen molar-refractivity contribution in [2.45, 2.75) is 18.5 Å². The van der Waals surface area contributed by atoms with Crippen LogP contribution in [0.25, 0.3) is 0 Å². The highest BCUT2D eigenvalue weighted by molar-refractivity contribution is 6.60. The lowest BCUT2D eigenvalue weighted by Gasteiger charge is -2.28. The second-order valence-corrected chi connectivity index (χ2v) is 6.16. The van der Waals surface area contributed by atoms with Crippen molar-refractivity contribution in [1.29, 1.82) is 0 Å². The smallest absolute Gasteiger partial charge is 0.377 e. The van der Waals surface area contributed by atoms with Crippen LogP contribution < -0.4 is 17.2 Å². The van der Waals surface area contributed by atoms with Gasteiger partial charge in [0.05, 0.1) is 0 Å². The van der Waals surface area contributed by atoms with Crippen molar-refractivity contribution in [2.24, 2.45) is 17.2 Å². The molecule has 0 bridgehead atoms. The van der Waals surface area contributed by atoms with Crippen molar-refractivity contribution >= 4 is 8.80 Å². The van der Waals surface area contributed by atoms with E-state index in [-0.39, 0.29) is 6.04 Å². The lowest BCUT2D eigenvalue weighted by atomic mass is 10.4. The molecule has 15 heavy (non-hydrogen) atoms. The van der Waals surface area contributed by atoms with Gasteiger partial charge in [-0.15, -0.1) is 0 Å². The molecule has 0 amide bonds. The van der Waals surface area contributed by atoms with Gasteiger partial charge in [-0.05, 0) is 13.0 Å². The van der Waals surface area contributed by atoms with E-state index in [0.29, 0.717) is 25.7 Å². The fraction of sp³-hybridized carbons (Fsp3) is 1.00. The summed E-state index contributed by atoms with van der Waals surface area (Å²) in [7, 11) is 0.516. The quantitative estimate of drug-likeness (QED) is 0.346. The largest absolute Gasteiger partial charge is 0.502 e. The van der Waals surface area contributed by atoms with E-state index in [9.17, 15) is 0 Å². The zero-order valence-corrected chi connectivity index (χ0v) is 10.6. The monoisotopic (exact) mass is 237 g/mol. The summed E-state index contributed by atoms with van der Waals surface area (Å²) in [6.07, 6.45) is 0.777. The van der Waals surface area contributed by atoms with Gasteiger partial charge in [-0.25, -0.2) is 0 Å². The summed E-state index contributed by atoms with van der Waals surface area (Å²) >= 11 is 0. The Morgan fingerprint density at radius 1 is 1.20 bits per heavy atom. The molecule has 6 nitrogen and oxygen atoms in total. The van der Waals surface area contributed by atoms with Crippen LogP contribution in [0.1, 0.15) is 6.42 Å². The molecule has 0 fully saturated rings. The average molecular weight is 237 g/mol. The first-order valence-electron chi connectivity index (χ1n) is 5.04. The van der Waals surface area contributed by atoms with Crippen LogP contribution >= 0.6 is 0 Å². The third kappa shape index (κ3) is 5.57. The molecule has 0 aromatic rings. The number of hydrogen-bond acceptors (Lipinski definition) is 6. The van der Waals surface area contributed by atoms with Gasteiger partial charge < -0.3 is 30.5 Å². The van der Waals surface area contributed by atoms with Crippen LogP contribution in [0.5, 0.6) is 0 Å². The van der Waals surface area contributed by atoms with E-state index < -0.39 is 8.80 Å². The van der Waals surface area contributed by atoms with Crippen LogP contribution in [0.15, 0.2) is 0 Å². The van der Waals surface area contributed by atoms with E-state index in [2.05, 4.69) is 0 Å². The Bertz CT molecular complexity index is 158. The highest BCUT2D eigenvalue weighted by Gasteiger charge is 2.40. The molecule has 0 rings (SSSR count). The van der Waals surface area contributed by atoms with Crippen molar-refractivity contribution in [3.8, 4) is 0 Å². The van der Waals surface area contributed by atoms with Gasteiger partial charge in [0.15, 0.2) is 0 Å². The third-order valence-corrected chi connectivity index (χ3v) is 5.02. The Kier molecular flexibility index (Phi) is 8.15. The van der Waals surface area contributed by atoms with Crippen LogP contribution in [-0.4, -0.2) is 48.8 Å². The normalized spacial score (nSPS) is 14.2. The van der Waals surface area contributed by atoms with E-state index in [1.165, 1.54) is 0 Å². The Morgan fingerprint density at radius 3 is 2.20 bits per heavy atom. The van der Waals surface area contributed by atoms with Gasteiger partial charge in [0.25, 0.3) is 0 Å². The predicted octanol–water partition coefficient (Wildman–Crippen LogP) is -1.13. The first-order valence-corrected chi connectivity index (χ1v) is 6.97. The van der Waals surface area contributed by atoms with Crippen molar-refractivity contribution in [1.82, 2.24) is 0 Å². The summed E-state index contributed by atoms with van der Waals surface area (Å²) in [5, 5.41) is 0. The molecule has 92 valence electrons. The highest BCUT2D eigenvalue weighted by Crippen LogP contribution is 2.15. The zero-order chi connectivity index (χ0) is 11.7. The number of nitrogens with two attached hydrogens (primary N) is 3. The minimum atomic E-state index is -2.63. The highest BCUT2D eigenvalue weighted by atomic mass is 28.4. The minimum absolute atomic E-state index is 0.158. The van der Waals surface area contributed by atoms with Crippen LogP contribution in [0.3, 0.4) is 0 Å². The van der Waals surface area contributed by atoms with E-state index in [1.807, 2.05) is 0 Å². The lowest BCUT2D eigenvalue weighted by molar-refractivity contribution is 0.0960. The maximum Gasteiger partial charge on any atom is 0.502 e. The van der Waals surface area contributed by atoms with Gasteiger partial charge in [0.2, 0.25) is 0 Å². The van der Waals surface area contributed by atoms with Gasteiger partial charge in [0, 0.05) is 39.5 Å². The average Bonchev–Trinajstić information content (AvgIpc) is 2.27. The van der Waals surface area contributed by atoms with Crippen LogP contribution in [0.2, 0.25) is 6.04 Å². The first-order chi connectivity index (χ1) is 7.14. The molecule has 1 unspecified atom stereocenters. The predicted molar refractivity (Wildman–Crippen MR) is 61.2 cm³/mol. The summed E-state index contributed by atoms with van der Waals surface area (Å²) in [5.74, 6) is 0. The van der Waals surface area contributed by atoms with E-state index in [4.69, 9.17) is 30.5 Å². The van der Waals surface area contributed by atoms with Crippen LogP contribution in [0.4, 0.5) is 0 Å². The van der Waals surface area contributed by atoms with Gasteiger partial charge in [-0.1, -0.05) is 0 Å². The molecule has 7 heteroatoms. The molecule has 0 aliphatic carbocycles. The molecule has 0 aliphatic heterocycles. The summed E-state index contributed by atoms with van der Waals surface area (Å²) in [6, 6.07) is 0.371. The van der Waals surface area contributed by atoms with E-state index in [0.717, 1.165) is 6.42 Å². The van der Waals surface area contributed by atoms with Gasteiger partial charge in [-0.3, -0.25) is 0 Å². The molecule has 0 radical (unpaired) electrons. The fourth-order valence-corrected chi connectivity index (χ4v) is 3.26. The Morgan fingerprint density at radius 2 is 1.80 bits per heavy atom. The standard InChI is InChI=1S/C8H23N3O3Si/c1-12-15(13-2,7-8(11)6-10)14-5-3-4-9/h8H,3-7,9-11H2,1-2H3. The molecule has 0 saturated carbocycles. The molecular weight excluding hydrogens is 214 g/mol. The number of hydrogen-bond donors (Lipinski definition) is 3. The Labute approximate surface area is 92.4 Å². The molecule has 1 atom stereocenters. The lowest BCUT2D eigenvalue weighted by Crippen LogP contribution is -2.50. The van der Waals surface area contributed by atoms with E-state index in [1.54, 1.807) is 14.2 Å². The third-order valence-electron chi connectivity index (χ3n) is 2.11. The topological polar surface area (TPSA) is 106 Å². The van der Waals surface area contributed by atoms with Gasteiger partial charge in [0.1, 0.15) is 0 Å². The van der Waals surface area contributed by atoms with Crippen molar-refractivity contribution < 1.29 is 13.3 Å². The first kappa shape index (κ1) is 15.0. The summed E-state index contributed by atoms with van der Waals surface area (Å²) < 4.78 is 16.3. The zero-order valence-electron chi connectivity index (χ0n) is 9.57. The van der Waals surface area contributed by atoms with Gasteiger partial charge in [-0.2, -0.15) is 0 Å². The van der Waals surface area contributed by atoms with Crippen molar-refractivity contribution in [3.63, 3.8) is 0 Å². The molecule has 0 aromatic heterocycles. The molecule has 0 spiro atoms. The van der Waals surface area contributed by atoms with Crippen LogP contribution in [0, 0.1) is 0 Å². The minimum Gasteiger partial charge on any atom is -0.377 e. The fourth-order valence-electron chi connectivity index (χ4n) is 1.14. The van der Waals surface area contributed by atoms with E-state index >= 15 is 0 Å². The van der Waals surface area contributed by atoms with Crippen molar-refractivity contribution in [2.75, 3.05) is 33.9 Å². The second kappa shape index (κ2) is 8.17. The maximum atomic E-state index is 5.76. The summed E-state index contributed by atoms with van der Waals surface area (Å²) in [4.78, 5) is 0. The van der Waals surface area contributed by atoms with Crippen molar-refractivity contribution in [3.05, 3.63) is 0 Å². The van der Waals surface area contributed by atoms with Crippen LogP contribution in [-0.2, 0) is 13.3 Å². The number of rotatable bonds is 9. The molecule has 0 saturated heterocycles. The van der Waals surface area contributed by atoms with Gasteiger partial charge >= 0.3 is 8.80 Å². The Balaban J connectivity index is 4.16. The maximum absolute atomic E-state index is 5.76. The molecule has 6 N–H and O–H groups in total.